The summed E-state index contributed by atoms with van der Waals surface area (Å²) >= 11 is 1.67. The molecule has 0 aliphatic rings. The Kier molecular flexibility index (Phi) is 5.97. The van der Waals surface area contributed by atoms with Gasteiger partial charge in [-0.1, -0.05) is 13.8 Å². The maximum absolute atomic E-state index is 11.6. The van der Waals surface area contributed by atoms with Gasteiger partial charge in [0.2, 0.25) is 0 Å². The van der Waals surface area contributed by atoms with Gasteiger partial charge in [-0.2, -0.15) is 0 Å². The molecule has 0 spiro atoms. The van der Waals surface area contributed by atoms with Crippen molar-refractivity contribution in [2.75, 3.05) is 20.6 Å². The molecule has 0 radical (unpaired) electrons. The van der Waals surface area contributed by atoms with Gasteiger partial charge in [0, 0.05) is 0 Å². The predicted octanol–water partition coefficient (Wildman–Crippen LogP) is 2.49. The van der Waals surface area contributed by atoms with Crippen molar-refractivity contribution in [3.05, 3.63) is 0 Å². The lowest BCUT2D eigenvalue weighted by Crippen LogP contribution is -2.36. The van der Waals surface area contributed by atoms with Gasteiger partial charge >= 0.3 is 5.97 Å². The van der Waals surface area contributed by atoms with Crippen molar-refractivity contribution in [1.82, 2.24) is 4.90 Å². The van der Waals surface area contributed by atoms with Crippen molar-refractivity contribution in [3.63, 3.8) is 0 Å². The molecule has 0 fully saturated rings. The van der Waals surface area contributed by atoms with E-state index in [0.717, 1.165) is 13.0 Å². The van der Waals surface area contributed by atoms with Gasteiger partial charge in [0.25, 0.3) is 0 Å². The van der Waals surface area contributed by atoms with Gasteiger partial charge < -0.3 is 7.97 Å². The molecule has 0 unspecified atom stereocenters. The van der Waals surface area contributed by atoms with E-state index in [9.17, 15) is 4.79 Å². The van der Waals surface area contributed by atoms with E-state index in [-0.39, 0.29) is 11.4 Å². The van der Waals surface area contributed by atoms with E-state index in [0.29, 0.717) is 5.92 Å². The molecule has 1 atom stereocenters. The molecule has 0 saturated carbocycles. The van der Waals surface area contributed by atoms with Crippen molar-refractivity contribution in [2.45, 2.75) is 27.2 Å². The Balaban J connectivity index is 4.48. The fourth-order valence-electron chi connectivity index (χ4n) is 1.17. The SMILES string of the molecule is CC(C)[C@](C)(CCN(C)C)C(=O)OI. The summed E-state index contributed by atoms with van der Waals surface area (Å²) in [6.45, 7) is 7.00. The Bertz CT molecular complexity index is 195. The molecular weight excluding hydrogens is 293 g/mol. The predicted molar refractivity (Wildman–Crippen MR) is 66.2 cm³/mol. The molecule has 0 aromatic rings. The molecule has 3 nitrogen and oxygen atoms in total. The lowest BCUT2D eigenvalue weighted by molar-refractivity contribution is -0.144. The van der Waals surface area contributed by atoms with E-state index in [1.54, 1.807) is 23.0 Å². The first-order valence-corrected chi connectivity index (χ1v) is 5.70. The summed E-state index contributed by atoms with van der Waals surface area (Å²) in [4.78, 5) is 13.7. The largest absolute Gasteiger partial charge is 0.394 e. The minimum Gasteiger partial charge on any atom is -0.394 e. The Morgan fingerprint density at radius 2 is 2.00 bits per heavy atom. The highest BCUT2D eigenvalue weighted by molar-refractivity contribution is 14.1. The van der Waals surface area contributed by atoms with Crippen LogP contribution in [-0.2, 0) is 7.86 Å². The average molecular weight is 313 g/mol. The van der Waals surface area contributed by atoms with Gasteiger partial charge in [-0.05, 0) is 39.9 Å². The summed E-state index contributed by atoms with van der Waals surface area (Å²) < 4.78 is 4.82. The van der Waals surface area contributed by atoms with Gasteiger partial charge in [-0.25, -0.2) is 0 Å². The summed E-state index contributed by atoms with van der Waals surface area (Å²) in [5, 5.41) is 0. The summed E-state index contributed by atoms with van der Waals surface area (Å²) in [6, 6.07) is 0. The molecule has 0 rings (SSSR count). The highest BCUT2D eigenvalue weighted by Crippen LogP contribution is 2.33. The molecule has 0 bridgehead atoms. The van der Waals surface area contributed by atoms with Crippen molar-refractivity contribution in [1.29, 1.82) is 0 Å². The second-order valence-corrected chi connectivity index (χ2v) is 4.93. The van der Waals surface area contributed by atoms with Gasteiger partial charge in [-0.15, -0.1) is 0 Å². The molecule has 14 heavy (non-hydrogen) atoms. The number of halogens is 1. The highest BCUT2D eigenvalue weighted by Gasteiger charge is 2.37. The Morgan fingerprint density at radius 3 is 2.29 bits per heavy atom. The van der Waals surface area contributed by atoms with E-state index in [4.69, 9.17) is 3.07 Å². The highest BCUT2D eigenvalue weighted by atomic mass is 127. The molecule has 4 heteroatoms. The first-order valence-electron chi connectivity index (χ1n) is 4.82. The van der Waals surface area contributed by atoms with Crippen LogP contribution in [0, 0.1) is 11.3 Å². The Hall–Kier alpha value is 0.160. The smallest absolute Gasteiger partial charge is 0.321 e. The standard InChI is InChI=1S/C10H20INO2/c1-8(2)10(3,9(13)14-11)6-7-12(4)5/h8H,6-7H2,1-5H3/t10-/m0/s1. The second-order valence-electron chi connectivity index (χ2n) is 4.49. The third kappa shape index (κ3) is 3.73. The summed E-state index contributed by atoms with van der Waals surface area (Å²) in [6.07, 6.45) is 0.833. The van der Waals surface area contributed by atoms with Crippen LogP contribution >= 0.6 is 23.0 Å². The number of hydrogen-bond donors (Lipinski definition) is 0. The first kappa shape index (κ1) is 14.2. The molecule has 0 aliphatic carbocycles. The third-order valence-electron chi connectivity index (χ3n) is 2.89. The molecule has 0 amide bonds. The lowest BCUT2D eigenvalue weighted by Gasteiger charge is -2.31. The molecule has 84 valence electrons. The molecule has 0 aromatic heterocycles. The monoisotopic (exact) mass is 313 g/mol. The van der Waals surface area contributed by atoms with Crippen LogP contribution in [0.5, 0.6) is 0 Å². The van der Waals surface area contributed by atoms with Crippen LogP contribution in [0.15, 0.2) is 0 Å². The van der Waals surface area contributed by atoms with E-state index in [1.807, 2.05) is 21.0 Å². The number of hydrogen-bond acceptors (Lipinski definition) is 3. The summed E-state index contributed by atoms with van der Waals surface area (Å²) in [5.74, 6) is 0.180. The van der Waals surface area contributed by atoms with E-state index >= 15 is 0 Å². The van der Waals surface area contributed by atoms with Crippen LogP contribution in [-0.4, -0.2) is 31.5 Å². The van der Waals surface area contributed by atoms with Gasteiger partial charge in [-0.3, -0.25) is 4.79 Å². The molecular formula is C10H20INO2. The number of rotatable bonds is 5. The Labute approximate surface area is 101 Å². The maximum atomic E-state index is 11.6. The third-order valence-corrected chi connectivity index (χ3v) is 3.29. The minimum absolute atomic E-state index is 0.116. The lowest BCUT2D eigenvalue weighted by atomic mass is 9.76. The number of carbonyl (C=O) groups excluding carboxylic acids is 1. The van der Waals surface area contributed by atoms with Crippen molar-refractivity contribution >= 4 is 29.0 Å². The number of nitrogens with zero attached hydrogens (tertiary/aromatic N) is 1. The van der Waals surface area contributed by atoms with Crippen LogP contribution < -0.4 is 0 Å². The fourth-order valence-corrected chi connectivity index (χ4v) is 1.67. The van der Waals surface area contributed by atoms with Crippen LogP contribution in [0.2, 0.25) is 0 Å². The zero-order chi connectivity index (χ0) is 11.4. The van der Waals surface area contributed by atoms with Gasteiger partial charge in [0.05, 0.1) is 5.41 Å². The molecule has 0 N–H and O–H groups in total. The minimum atomic E-state index is -0.370. The first-order chi connectivity index (χ1) is 6.34. The van der Waals surface area contributed by atoms with E-state index in [1.165, 1.54) is 0 Å². The van der Waals surface area contributed by atoms with Gasteiger partial charge in [0.15, 0.2) is 23.0 Å². The average Bonchev–Trinajstić information content (AvgIpc) is 2.12. The normalized spacial score (nSPS) is 15.7. The fraction of sp³-hybridized carbons (Fsp3) is 0.900. The van der Waals surface area contributed by atoms with E-state index in [2.05, 4.69) is 18.7 Å². The van der Waals surface area contributed by atoms with Gasteiger partial charge in [0.1, 0.15) is 0 Å². The zero-order valence-corrected chi connectivity index (χ0v) is 11.8. The van der Waals surface area contributed by atoms with Crippen LogP contribution in [0.3, 0.4) is 0 Å². The maximum Gasteiger partial charge on any atom is 0.321 e. The topological polar surface area (TPSA) is 29.5 Å². The molecule has 0 aromatic carbocycles. The summed E-state index contributed by atoms with van der Waals surface area (Å²) in [5.41, 5.74) is -0.370. The zero-order valence-electron chi connectivity index (χ0n) is 9.63. The molecule has 0 aliphatic heterocycles. The summed E-state index contributed by atoms with van der Waals surface area (Å²) in [7, 11) is 4.02. The van der Waals surface area contributed by atoms with Crippen molar-refractivity contribution in [2.24, 2.45) is 11.3 Å². The van der Waals surface area contributed by atoms with Crippen LogP contribution in [0.1, 0.15) is 27.2 Å². The van der Waals surface area contributed by atoms with E-state index < -0.39 is 0 Å². The second kappa shape index (κ2) is 5.90. The van der Waals surface area contributed by atoms with Crippen molar-refractivity contribution < 1.29 is 7.86 Å². The number of carbonyl (C=O) groups is 1. The van der Waals surface area contributed by atoms with Crippen LogP contribution in [0.25, 0.3) is 0 Å². The quantitative estimate of drug-likeness (QED) is 0.731. The van der Waals surface area contributed by atoms with Crippen molar-refractivity contribution in [3.8, 4) is 0 Å². The molecule has 0 heterocycles. The van der Waals surface area contributed by atoms with Crippen LogP contribution in [0.4, 0.5) is 0 Å². The Morgan fingerprint density at radius 1 is 1.50 bits per heavy atom. The molecule has 0 saturated heterocycles.